The van der Waals surface area contributed by atoms with Gasteiger partial charge in [0.25, 0.3) is 5.91 Å². The number of nitrogens with zero attached hydrogens (tertiary/aromatic N) is 1. The maximum atomic E-state index is 12.2. The van der Waals surface area contributed by atoms with Crippen molar-refractivity contribution < 1.29 is 23.9 Å². The molecule has 148 valence electrons. The number of rotatable bonds is 8. The second-order valence-corrected chi connectivity index (χ2v) is 6.24. The first-order valence-corrected chi connectivity index (χ1v) is 8.80. The molecule has 8 heteroatoms. The van der Waals surface area contributed by atoms with Crippen LogP contribution in [0.1, 0.15) is 40.3 Å². The van der Waals surface area contributed by atoms with Gasteiger partial charge >= 0.3 is 5.97 Å². The number of Topliss-reactive ketones (excluding diaryl/α,β-unsaturated/α-hetero) is 1. The molecule has 0 radical (unpaired) electrons. The highest BCUT2D eigenvalue weighted by atomic mass is 16.5. The van der Waals surface area contributed by atoms with Crippen LogP contribution in [-0.2, 0) is 20.7 Å². The van der Waals surface area contributed by atoms with Crippen molar-refractivity contribution in [1.82, 2.24) is 9.88 Å². The van der Waals surface area contributed by atoms with E-state index in [1.807, 2.05) is 25.1 Å². The average molecular weight is 385 g/mol. The molecule has 0 saturated carbocycles. The molecule has 1 aromatic heterocycles. The number of carbonyl (C=O) groups is 4. The molecule has 0 aliphatic carbocycles. The first kappa shape index (κ1) is 20.9. The Kier molecular flexibility index (Phi) is 7.08. The molecule has 8 nitrogen and oxygen atoms in total. The maximum absolute atomic E-state index is 12.2. The van der Waals surface area contributed by atoms with Crippen LogP contribution < -0.4 is 5.32 Å². The number of esters is 1. The highest BCUT2D eigenvalue weighted by Gasteiger charge is 2.18. The van der Waals surface area contributed by atoms with Gasteiger partial charge in [-0.15, -0.1) is 0 Å². The largest absolute Gasteiger partial charge is 0.451 e. The summed E-state index contributed by atoms with van der Waals surface area (Å²) in [6.07, 6.45) is 2.16. The smallest absolute Gasteiger partial charge is 0.355 e. The first-order chi connectivity index (χ1) is 13.3. The Bertz CT molecular complexity index is 887. The number of aromatic amines is 1. The van der Waals surface area contributed by atoms with Crippen molar-refractivity contribution in [3.05, 3.63) is 53.3 Å². The lowest BCUT2D eigenvalue weighted by molar-refractivity contribution is -0.136. The minimum atomic E-state index is -0.754. The lowest BCUT2D eigenvalue weighted by atomic mass is 10.1. The molecule has 0 aliphatic heterocycles. The number of nitrogens with one attached hydrogen (secondary N) is 2. The van der Waals surface area contributed by atoms with Gasteiger partial charge < -0.3 is 19.9 Å². The SMILES string of the molecule is CCc1ccccc1NC(=O)CN(C)C(=O)COC(=O)c1cc(C(C)=O)c[nH]1. The number of ether oxygens (including phenoxy) is 1. The predicted molar refractivity (Wildman–Crippen MR) is 103 cm³/mol. The number of carbonyl (C=O) groups excluding carboxylic acids is 4. The Hall–Kier alpha value is -3.42. The van der Waals surface area contributed by atoms with Crippen LogP contribution in [0.4, 0.5) is 5.69 Å². The molecule has 0 aliphatic rings. The number of ketones is 1. The van der Waals surface area contributed by atoms with Gasteiger partial charge in [0.1, 0.15) is 5.69 Å². The molecular formula is C20H23N3O5. The zero-order chi connectivity index (χ0) is 20.7. The number of likely N-dealkylation sites (N-methyl/N-ethyl adjacent to an activating group) is 1. The molecule has 2 amide bonds. The summed E-state index contributed by atoms with van der Waals surface area (Å²) in [5, 5.41) is 2.77. The van der Waals surface area contributed by atoms with E-state index < -0.39 is 18.5 Å². The molecule has 2 N–H and O–H groups in total. The van der Waals surface area contributed by atoms with Gasteiger partial charge in [-0.3, -0.25) is 14.4 Å². The fourth-order valence-corrected chi connectivity index (χ4v) is 2.47. The molecule has 1 aromatic carbocycles. The van der Waals surface area contributed by atoms with E-state index in [1.165, 1.54) is 31.1 Å². The van der Waals surface area contributed by atoms with E-state index in [0.717, 1.165) is 12.0 Å². The Morgan fingerprint density at radius 3 is 2.54 bits per heavy atom. The third-order valence-electron chi connectivity index (χ3n) is 4.12. The number of hydrogen-bond acceptors (Lipinski definition) is 5. The number of aryl methyl sites for hydroxylation is 1. The number of H-pyrrole nitrogens is 1. The van der Waals surface area contributed by atoms with E-state index in [-0.39, 0.29) is 23.9 Å². The molecule has 0 bridgehead atoms. The second-order valence-electron chi connectivity index (χ2n) is 6.24. The van der Waals surface area contributed by atoms with Crippen LogP contribution >= 0.6 is 0 Å². The first-order valence-electron chi connectivity index (χ1n) is 8.80. The predicted octanol–water partition coefficient (Wildman–Crippen LogP) is 2.03. The molecule has 28 heavy (non-hydrogen) atoms. The van der Waals surface area contributed by atoms with Gasteiger partial charge in [0.05, 0.1) is 6.54 Å². The number of hydrogen-bond donors (Lipinski definition) is 2. The number of anilines is 1. The van der Waals surface area contributed by atoms with Crippen LogP contribution in [0.15, 0.2) is 36.5 Å². The van der Waals surface area contributed by atoms with Gasteiger partial charge in [-0.2, -0.15) is 0 Å². The van der Waals surface area contributed by atoms with E-state index in [1.54, 1.807) is 6.07 Å². The topological polar surface area (TPSA) is 109 Å². The molecule has 1 heterocycles. The lowest BCUT2D eigenvalue weighted by Gasteiger charge is -2.17. The normalized spacial score (nSPS) is 10.2. The molecule has 2 rings (SSSR count). The standard InChI is InChI=1S/C20H23N3O5/c1-4-14-7-5-6-8-16(14)22-18(25)11-23(3)19(26)12-28-20(27)17-9-15(10-21-17)13(2)24/h5-10,21H,4,11-12H2,1-3H3,(H,22,25). The summed E-state index contributed by atoms with van der Waals surface area (Å²) in [6, 6.07) is 8.79. The zero-order valence-corrected chi connectivity index (χ0v) is 16.1. The molecule has 0 saturated heterocycles. The Balaban J connectivity index is 1.83. The zero-order valence-electron chi connectivity index (χ0n) is 16.1. The maximum Gasteiger partial charge on any atom is 0.355 e. The van der Waals surface area contributed by atoms with Crippen LogP contribution in [0.3, 0.4) is 0 Å². The van der Waals surface area contributed by atoms with Crippen LogP contribution in [0, 0.1) is 0 Å². The van der Waals surface area contributed by atoms with Crippen molar-refractivity contribution in [3.63, 3.8) is 0 Å². The van der Waals surface area contributed by atoms with Gasteiger partial charge in [0.15, 0.2) is 12.4 Å². The highest BCUT2D eigenvalue weighted by molar-refractivity contribution is 5.98. The molecular weight excluding hydrogens is 362 g/mol. The van der Waals surface area contributed by atoms with Gasteiger partial charge in [0.2, 0.25) is 5.91 Å². The van der Waals surface area contributed by atoms with Crippen LogP contribution in [0.2, 0.25) is 0 Å². The number of benzene rings is 1. The molecule has 2 aromatic rings. The van der Waals surface area contributed by atoms with Crippen molar-refractivity contribution in [2.45, 2.75) is 20.3 Å². The van der Waals surface area contributed by atoms with Gasteiger partial charge in [-0.05, 0) is 31.0 Å². The van der Waals surface area contributed by atoms with Crippen molar-refractivity contribution in [2.75, 3.05) is 25.5 Å². The Morgan fingerprint density at radius 1 is 1.18 bits per heavy atom. The number of amides is 2. The molecule has 0 fully saturated rings. The minimum absolute atomic E-state index is 0.0783. The van der Waals surface area contributed by atoms with Gasteiger partial charge in [-0.1, -0.05) is 25.1 Å². The van der Waals surface area contributed by atoms with Gasteiger partial charge in [0, 0.05) is 24.5 Å². The van der Waals surface area contributed by atoms with Crippen molar-refractivity contribution >= 4 is 29.3 Å². The fourth-order valence-electron chi connectivity index (χ4n) is 2.47. The average Bonchev–Trinajstić information content (AvgIpc) is 3.16. The number of para-hydroxylation sites is 1. The van der Waals surface area contributed by atoms with Crippen molar-refractivity contribution in [1.29, 1.82) is 0 Å². The molecule has 0 atom stereocenters. The summed E-state index contributed by atoms with van der Waals surface area (Å²) in [6.45, 7) is 2.67. The van der Waals surface area contributed by atoms with E-state index in [2.05, 4.69) is 10.3 Å². The van der Waals surface area contributed by atoms with Crippen molar-refractivity contribution in [3.8, 4) is 0 Å². The van der Waals surface area contributed by atoms with Crippen LogP contribution in [0.25, 0.3) is 0 Å². The summed E-state index contributed by atoms with van der Waals surface area (Å²) in [7, 11) is 1.45. The van der Waals surface area contributed by atoms with Crippen LogP contribution in [-0.4, -0.2) is 53.7 Å². The number of aromatic nitrogens is 1. The summed E-state index contributed by atoms with van der Waals surface area (Å²) < 4.78 is 4.94. The van der Waals surface area contributed by atoms with Crippen molar-refractivity contribution in [2.24, 2.45) is 0 Å². The van der Waals surface area contributed by atoms with E-state index >= 15 is 0 Å². The second kappa shape index (κ2) is 9.50. The summed E-state index contributed by atoms with van der Waals surface area (Å²) in [5.74, 6) is -1.82. The lowest BCUT2D eigenvalue weighted by Crippen LogP contribution is -2.37. The summed E-state index contributed by atoms with van der Waals surface area (Å²) in [4.78, 5) is 51.2. The fraction of sp³-hybridized carbons (Fsp3) is 0.300. The summed E-state index contributed by atoms with van der Waals surface area (Å²) >= 11 is 0. The Morgan fingerprint density at radius 2 is 1.89 bits per heavy atom. The highest BCUT2D eigenvalue weighted by Crippen LogP contribution is 2.15. The Labute approximate surface area is 162 Å². The molecule has 0 unspecified atom stereocenters. The molecule has 0 spiro atoms. The van der Waals surface area contributed by atoms with Crippen LogP contribution in [0.5, 0.6) is 0 Å². The van der Waals surface area contributed by atoms with E-state index in [4.69, 9.17) is 4.74 Å². The third-order valence-corrected chi connectivity index (χ3v) is 4.12. The van der Waals surface area contributed by atoms with E-state index in [0.29, 0.717) is 11.3 Å². The monoisotopic (exact) mass is 385 g/mol. The van der Waals surface area contributed by atoms with E-state index in [9.17, 15) is 19.2 Å². The summed E-state index contributed by atoms with van der Waals surface area (Å²) in [5.41, 5.74) is 2.12. The van der Waals surface area contributed by atoms with Gasteiger partial charge in [-0.25, -0.2) is 4.79 Å². The third kappa shape index (κ3) is 5.54. The quantitative estimate of drug-likeness (QED) is 0.534. The minimum Gasteiger partial charge on any atom is -0.451 e.